The van der Waals surface area contributed by atoms with Gasteiger partial charge in [-0.2, -0.15) is 0 Å². The van der Waals surface area contributed by atoms with Crippen molar-refractivity contribution in [1.82, 2.24) is 4.90 Å². The molecule has 0 spiro atoms. The van der Waals surface area contributed by atoms with Gasteiger partial charge in [0, 0.05) is 13.1 Å². The van der Waals surface area contributed by atoms with Crippen LogP contribution in [0.5, 0.6) is 0 Å². The molecule has 0 aromatic carbocycles. The fraction of sp³-hybridized carbons (Fsp3) is 1.00. The van der Waals surface area contributed by atoms with Gasteiger partial charge in [-0.1, -0.05) is 19.3 Å². The molecule has 20 heavy (non-hydrogen) atoms. The number of aliphatic hydroxyl groups excluding tert-OH is 1. The van der Waals surface area contributed by atoms with E-state index in [0.29, 0.717) is 5.92 Å². The van der Waals surface area contributed by atoms with E-state index in [4.69, 9.17) is 0 Å². The molecular formula is C18H29NO. The molecule has 112 valence electrons. The minimum atomic E-state index is -0.114. The maximum Gasteiger partial charge on any atom is 0.110 e. The topological polar surface area (TPSA) is 23.5 Å². The zero-order valence-corrected chi connectivity index (χ0v) is 12.6. The van der Waals surface area contributed by atoms with Crippen molar-refractivity contribution in [2.24, 2.45) is 41.4 Å². The van der Waals surface area contributed by atoms with Crippen LogP contribution in [0.25, 0.3) is 0 Å². The molecule has 0 aromatic heterocycles. The highest BCUT2D eigenvalue weighted by Gasteiger charge is 2.63. The van der Waals surface area contributed by atoms with Gasteiger partial charge in [0.25, 0.3) is 0 Å². The lowest BCUT2D eigenvalue weighted by Crippen LogP contribution is -2.40. The molecule has 0 aromatic rings. The van der Waals surface area contributed by atoms with Gasteiger partial charge in [-0.05, 0) is 73.5 Å². The van der Waals surface area contributed by atoms with Gasteiger partial charge >= 0.3 is 0 Å². The van der Waals surface area contributed by atoms with Crippen LogP contribution in [0.1, 0.15) is 51.4 Å². The molecule has 6 rings (SSSR count). The van der Waals surface area contributed by atoms with Crippen LogP contribution in [-0.4, -0.2) is 29.3 Å². The van der Waals surface area contributed by atoms with Crippen LogP contribution in [-0.2, 0) is 0 Å². The number of likely N-dealkylation sites (tertiary alicyclic amines) is 1. The zero-order chi connectivity index (χ0) is 13.3. The molecule has 1 N–H and O–H groups in total. The molecule has 2 bridgehead atoms. The smallest absolute Gasteiger partial charge is 0.110 e. The van der Waals surface area contributed by atoms with E-state index in [1.165, 1.54) is 58.0 Å². The summed E-state index contributed by atoms with van der Waals surface area (Å²) < 4.78 is 0. The minimum absolute atomic E-state index is 0.114. The van der Waals surface area contributed by atoms with Crippen molar-refractivity contribution in [2.75, 3.05) is 13.1 Å². The Hall–Kier alpha value is -0.0800. The van der Waals surface area contributed by atoms with Gasteiger partial charge < -0.3 is 5.11 Å². The summed E-state index contributed by atoms with van der Waals surface area (Å²) in [5.74, 6) is 6.79. The number of rotatable bonds is 2. The van der Waals surface area contributed by atoms with E-state index >= 15 is 0 Å². The molecule has 2 heteroatoms. The molecule has 1 aliphatic heterocycles. The van der Waals surface area contributed by atoms with Gasteiger partial charge in [0.2, 0.25) is 0 Å². The number of aliphatic hydroxyl groups is 1. The monoisotopic (exact) mass is 275 g/mol. The predicted octanol–water partition coefficient (Wildman–Crippen LogP) is 3.11. The van der Waals surface area contributed by atoms with E-state index in [1.54, 1.807) is 6.42 Å². The van der Waals surface area contributed by atoms with Crippen molar-refractivity contribution in [1.29, 1.82) is 0 Å². The Bertz CT molecular complexity index is 367. The lowest BCUT2D eigenvalue weighted by atomic mass is 9.60. The van der Waals surface area contributed by atoms with Crippen LogP contribution in [0.2, 0.25) is 0 Å². The average Bonchev–Trinajstić information content (AvgIpc) is 3.20. The van der Waals surface area contributed by atoms with Crippen LogP contribution in [0.15, 0.2) is 0 Å². The highest BCUT2D eigenvalue weighted by molar-refractivity contribution is 5.12. The summed E-state index contributed by atoms with van der Waals surface area (Å²) in [5, 5.41) is 10.8. The molecule has 7 unspecified atom stereocenters. The van der Waals surface area contributed by atoms with Crippen molar-refractivity contribution in [2.45, 2.75) is 57.6 Å². The van der Waals surface area contributed by atoms with Crippen molar-refractivity contribution in [3.05, 3.63) is 0 Å². The highest BCUT2D eigenvalue weighted by atomic mass is 16.3. The van der Waals surface area contributed by atoms with Gasteiger partial charge in [-0.3, -0.25) is 4.90 Å². The fourth-order valence-corrected chi connectivity index (χ4v) is 6.84. The molecular weight excluding hydrogens is 246 g/mol. The molecule has 6 fully saturated rings. The quantitative estimate of drug-likeness (QED) is 0.837. The molecule has 5 aliphatic carbocycles. The second kappa shape index (κ2) is 4.46. The number of hydrogen-bond donors (Lipinski definition) is 1. The van der Waals surface area contributed by atoms with E-state index in [9.17, 15) is 5.11 Å². The minimum Gasteiger partial charge on any atom is -0.378 e. The lowest BCUT2D eigenvalue weighted by molar-refractivity contribution is -0.0418. The van der Waals surface area contributed by atoms with Crippen LogP contribution < -0.4 is 0 Å². The fourth-order valence-electron chi connectivity index (χ4n) is 6.84. The zero-order valence-electron chi connectivity index (χ0n) is 12.6. The molecule has 6 aliphatic rings. The molecule has 2 nitrogen and oxygen atoms in total. The van der Waals surface area contributed by atoms with E-state index in [0.717, 1.165) is 35.5 Å². The van der Waals surface area contributed by atoms with Crippen LogP contribution in [0.3, 0.4) is 0 Å². The maximum absolute atomic E-state index is 10.8. The first-order chi connectivity index (χ1) is 9.83. The third-order valence-corrected chi connectivity index (χ3v) is 7.81. The van der Waals surface area contributed by atoms with E-state index in [-0.39, 0.29) is 6.23 Å². The van der Waals surface area contributed by atoms with Crippen LogP contribution in [0.4, 0.5) is 0 Å². The standard InChI is InChI=1S/C18H29NO/c20-18(11-4-2-1-3-5-11)19-9-16-12-6-7-13(17(16)10-19)15-8-14(12)15/h11-18,20H,1-10H2. The summed E-state index contributed by atoms with van der Waals surface area (Å²) in [7, 11) is 0. The van der Waals surface area contributed by atoms with E-state index in [2.05, 4.69) is 4.90 Å². The average molecular weight is 275 g/mol. The first-order valence-electron chi connectivity index (χ1n) is 9.25. The van der Waals surface area contributed by atoms with Crippen molar-refractivity contribution in [3.63, 3.8) is 0 Å². The number of nitrogens with zero attached hydrogens (tertiary/aromatic N) is 1. The molecule has 1 saturated heterocycles. The third kappa shape index (κ3) is 1.70. The third-order valence-electron chi connectivity index (χ3n) is 7.81. The maximum atomic E-state index is 10.8. The van der Waals surface area contributed by atoms with Gasteiger partial charge in [-0.25, -0.2) is 0 Å². The van der Waals surface area contributed by atoms with Gasteiger partial charge in [0.05, 0.1) is 0 Å². The second-order valence-electron chi connectivity index (χ2n) is 8.56. The second-order valence-corrected chi connectivity index (χ2v) is 8.56. The van der Waals surface area contributed by atoms with Gasteiger partial charge in [-0.15, -0.1) is 0 Å². The largest absolute Gasteiger partial charge is 0.378 e. The summed E-state index contributed by atoms with van der Waals surface area (Å²) in [6.45, 7) is 2.46. The Morgan fingerprint density at radius 3 is 1.90 bits per heavy atom. The van der Waals surface area contributed by atoms with Crippen molar-refractivity contribution >= 4 is 0 Å². The molecule has 0 amide bonds. The SMILES string of the molecule is OC(C1CCCCC1)N1CC2C3CCC(C4CC34)C2C1. The molecule has 0 radical (unpaired) electrons. The molecule has 1 heterocycles. The number of hydrogen-bond acceptors (Lipinski definition) is 2. The lowest BCUT2D eigenvalue weighted by Gasteiger charge is -2.44. The molecule has 5 saturated carbocycles. The first-order valence-corrected chi connectivity index (χ1v) is 9.25. The van der Waals surface area contributed by atoms with Gasteiger partial charge in [0.15, 0.2) is 0 Å². The summed E-state index contributed by atoms with van der Waals surface area (Å²) >= 11 is 0. The number of fused-ring (bicyclic) bond motifs is 1. The molecule has 7 atom stereocenters. The normalized spacial score (nSPS) is 52.6. The summed E-state index contributed by atoms with van der Waals surface area (Å²) in [6.07, 6.45) is 11.1. The van der Waals surface area contributed by atoms with Crippen LogP contribution in [0, 0.1) is 41.4 Å². The van der Waals surface area contributed by atoms with E-state index in [1.807, 2.05) is 0 Å². The predicted molar refractivity (Wildman–Crippen MR) is 78.9 cm³/mol. The van der Waals surface area contributed by atoms with Crippen molar-refractivity contribution < 1.29 is 5.11 Å². The Balaban J connectivity index is 1.31. The van der Waals surface area contributed by atoms with Crippen LogP contribution >= 0.6 is 0 Å². The Morgan fingerprint density at radius 1 is 0.700 bits per heavy atom. The Kier molecular flexibility index (Phi) is 2.78. The Labute approximate surface area is 122 Å². The summed E-state index contributed by atoms with van der Waals surface area (Å²) in [4.78, 5) is 2.50. The Morgan fingerprint density at radius 2 is 1.30 bits per heavy atom. The van der Waals surface area contributed by atoms with Gasteiger partial charge in [0.1, 0.15) is 6.23 Å². The highest BCUT2D eigenvalue weighted by Crippen LogP contribution is 2.67. The summed E-state index contributed by atoms with van der Waals surface area (Å²) in [6, 6.07) is 0. The summed E-state index contributed by atoms with van der Waals surface area (Å²) in [5.41, 5.74) is 0. The van der Waals surface area contributed by atoms with Crippen molar-refractivity contribution in [3.8, 4) is 0 Å². The van der Waals surface area contributed by atoms with E-state index < -0.39 is 0 Å². The first kappa shape index (κ1) is 12.5.